The summed E-state index contributed by atoms with van der Waals surface area (Å²) in [6, 6.07) is 8.16. The Balaban J connectivity index is 1.79. The fourth-order valence-electron chi connectivity index (χ4n) is 3.92. The van der Waals surface area contributed by atoms with E-state index in [1.165, 1.54) is 24.1 Å². The van der Waals surface area contributed by atoms with Crippen molar-refractivity contribution in [3.05, 3.63) is 53.1 Å². The van der Waals surface area contributed by atoms with Gasteiger partial charge in [-0.05, 0) is 49.1 Å². The summed E-state index contributed by atoms with van der Waals surface area (Å²) in [5.74, 6) is -0.0808. The molecule has 4 rings (SSSR count). The van der Waals surface area contributed by atoms with Crippen LogP contribution in [0.25, 0.3) is 0 Å². The quantitative estimate of drug-likeness (QED) is 0.599. The number of sulfone groups is 1. The van der Waals surface area contributed by atoms with E-state index >= 15 is 0 Å². The summed E-state index contributed by atoms with van der Waals surface area (Å²) in [5.41, 5.74) is -1.41. The molecule has 0 spiro atoms. The van der Waals surface area contributed by atoms with Gasteiger partial charge >= 0.3 is 0 Å². The highest BCUT2D eigenvalue weighted by atomic mass is 32.2. The van der Waals surface area contributed by atoms with Crippen molar-refractivity contribution in [2.45, 2.75) is 32.4 Å². The van der Waals surface area contributed by atoms with Crippen molar-refractivity contribution in [2.24, 2.45) is 5.92 Å². The van der Waals surface area contributed by atoms with Gasteiger partial charge in [0.1, 0.15) is 9.84 Å². The van der Waals surface area contributed by atoms with Gasteiger partial charge in [0, 0.05) is 21.5 Å². The first kappa shape index (κ1) is 20.5. The van der Waals surface area contributed by atoms with Crippen LogP contribution < -0.4 is 14.8 Å². The Morgan fingerprint density at radius 1 is 1.27 bits per heavy atom. The average molecular weight is 475 g/mol. The molecule has 0 bridgehead atoms. The fourth-order valence-corrected chi connectivity index (χ4v) is 4.59. The molecule has 33 heavy (non-hydrogen) atoms. The van der Waals surface area contributed by atoms with Crippen LogP contribution in [-0.4, -0.2) is 50.8 Å². The number of anilines is 1. The number of fused-ring (bicyclic) bond motifs is 1. The van der Waals surface area contributed by atoms with Crippen LogP contribution in [0, 0.1) is 5.92 Å². The molecular weight excluding hydrogens is 444 g/mol. The van der Waals surface area contributed by atoms with Gasteiger partial charge in [-0.25, -0.2) is 8.42 Å². The Morgan fingerprint density at radius 3 is 2.67 bits per heavy atom. The molecule has 0 saturated heterocycles. The Hall–Kier alpha value is -3.07. The van der Waals surface area contributed by atoms with Crippen LogP contribution in [-0.2, 0) is 21.2 Å². The van der Waals surface area contributed by atoms with E-state index in [2.05, 4.69) is 5.32 Å². The highest BCUT2D eigenvalue weighted by Gasteiger charge is 2.38. The second kappa shape index (κ2) is 9.05. The molecule has 1 atom stereocenters. The maximum Gasteiger partial charge on any atom is 0.257 e. The third kappa shape index (κ3) is 4.98. The van der Waals surface area contributed by atoms with E-state index in [-0.39, 0.29) is 29.5 Å². The predicted octanol–water partition coefficient (Wildman–Crippen LogP) is 3.18. The number of nitrogens with one attached hydrogen (secondary N) is 1. The second-order valence-corrected chi connectivity index (χ2v) is 9.95. The predicted molar refractivity (Wildman–Crippen MR) is 124 cm³/mol. The summed E-state index contributed by atoms with van der Waals surface area (Å²) in [6.07, 6.45) is 2.41. The molecule has 0 radical (unpaired) electrons. The Morgan fingerprint density at radius 2 is 2.03 bits per heavy atom. The van der Waals surface area contributed by atoms with E-state index in [4.69, 9.17) is 12.2 Å². The Bertz CT molecular complexity index is 1280. The van der Waals surface area contributed by atoms with Crippen molar-refractivity contribution < 1.29 is 30.2 Å². The first-order valence-corrected chi connectivity index (χ1v) is 12.6. The molecule has 1 aliphatic heterocycles. The van der Waals surface area contributed by atoms with Crippen molar-refractivity contribution in [2.75, 3.05) is 31.0 Å². The van der Waals surface area contributed by atoms with Gasteiger partial charge in [-0.2, -0.15) is 0 Å². The zero-order chi connectivity index (χ0) is 25.5. The van der Waals surface area contributed by atoms with Crippen LogP contribution in [0.3, 0.4) is 0 Å². The second-order valence-electron chi connectivity index (χ2n) is 8.17. The van der Waals surface area contributed by atoms with Crippen LogP contribution in [0.5, 0.6) is 11.5 Å². The summed E-state index contributed by atoms with van der Waals surface area (Å²) < 4.78 is 53.3. The average Bonchev–Trinajstić information content (AvgIpc) is 3.59. The molecule has 1 saturated carbocycles. The summed E-state index contributed by atoms with van der Waals surface area (Å²) >= 11 is 0. The fraction of sp³-hybridized carbons (Fsp3) is 0.417. The van der Waals surface area contributed by atoms with E-state index in [9.17, 15) is 18.0 Å². The highest BCUT2D eigenvalue weighted by molar-refractivity contribution is 7.90. The summed E-state index contributed by atoms with van der Waals surface area (Å²) in [6.45, 7) is 2.07. The number of hydrogen-bond acceptors (Lipinski definition) is 6. The van der Waals surface area contributed by atoms with Crippen LogP contribution >= 0.6 is 0 Å². The molecule has 0 aromatic heterocycles. The number of amides is 2. The van der Waals surface area contributed by atoms with Gasteiger partial charge in [-0.1, -0.05) is 18.2 Å². The Kier molecular flexibility index (Phi) is 5.63. The number of benzene rings is 2. The molecule has 176 valence electrons. The minimum absolute atomic E-state index is 0.0169. The number of ether oxygens (including phenoxy) is 2. The number of carbonyl (C=O) groups excluding carboxylic acids is 2. The third-order valence-electron chi connectivity index (χ3n) is 5.61. The molecule has 1 heterocycles. The molecule has 2 aromatic carbocycles. The van der Waals surface area contributed by atoms with Gasteiger partial charge in [0.25, 0.3) is 5.91 Å². The standard InChI is InChI=1S/C24H28N2O6S/c1-4-32-21-12-16(10-11-20(21)31-2)19(14-33(3,29)30)26-13-17-6-5-7-18(22(17)24(26)28)25-23(27)15-8-9-15/h5-7,10-12,15,19H,4,8-9,13-14H2,1-3H3,(H,25,27)/t19-/m1/s1/i14D2. The van der Waals surface area contributed by atoms with Crippen LogP contribution in [0.2, 0.25) is 0 Å². The van der Waals surface area contributed by atoms with Gasteiger partial charge in [0.15, 0.2) is 11.5 Å². The van der Waals surface area contributed by atoms with E-state index in [0.717, 1.165) is 19.1 Å². The van der Waals surface area contributed by atoms with E-state index in [0.29, 0.717) is 29.4 Å². The zero-order valence-electron chi connectivity index (χ0n) is 20.8. The van der Waals surface area contributed by atoms with E-state index < -0.39 is 27.5 Å². The number of carbonyl (C=O) groups is 2. The first-order valence-electron chi connectivity index (χ1n) is 11.7. The third-order valence-corrected chi connectivity index (χ3v) is 6.26. The van der Waals surface area contributed by atoms with Crippen LogP contribution in [0.15, 0.2) is 36.4 Å². The van der Waals surface area contributed by atoms with E-state index in [1.807, 2.05) is 0 Å². The highest BCUT2D eigenvalue weighted by Crippen LogP contribution is 2.39. The van der Waals surface area contributed by atoms with Gasteiger partial charge in [-0.3, -0.25) is 9.59 Å². The molecule has 1 aliphatic carbocycles. The summed E-state index contributed by atoms with van der Waals surface area (Å²) in [4.78, 5) is 27.2. The zero-order valence-corrected chi connectivity index (χ0v) is 19.6. The first-order chi connectivity index (χ1) is 16.5. The smallest absolute Gasteiger partial charge is 0.257 e. The van der Waals surface area contributed by atoms with Gasteiger partial charge in [-0.15, -0.1) is 0 Å². The van der Waals surface area contributed by atoms with Crippen molar-refractivity contribution in [3.63, 3.8) is 0 Å². The molecular formula is C24H28N2O6S. The van der Waals surface area contributed by atoms with Gasteiger partial charge in [0.05, 0.1) is 36.7 Å². The lowest BCUT2D eigenvalue weighted by molar-refractivity contribution is -0.117. The normalized spacial score (nSPS) is 17.7. The number of hydrogen-bond donors (Lipinski definition) is 1. The number of rotatable bonds is 9. The van der Waals surface area contributed by atoms with Crippen molar-refractivity contribution in [1.29, 1.82) is 0 Å². The monoisotopic (exact) mass is 474 g/mol. The molecule has 1 N–H and O–H groups in total. The van der Waals surface area contributed by atoms with Crippen molar-refractivity contribution >= 4 is 27.3 Å². The molecule has 2 aromatic rings. The number of methoxy groups -OCH3 is 1. The molecule has 2 aliphatic rings. The van der Waals surface area contributed by atoms with Crippen molar-refractivity contribution in [3.8, 4) is 11.5 Å². The molecule has 8 nitrogen and oxygen atoms in total. The largest absolute Gasteiger partial charge is 0.493 e. The summed E-state index contributed by atoms with van der Waals surface area (Å²) in [5, 5.41) is 2.81. The maximum atomic E-state index is 13.7. The lowest BCUT2D eigenvalue weighted by atomic mass is 10.1. The lowest BCUT2D eigenvalue weighted by Gasteiger charge is -2.28. The van der Waals surface area contributed by atoms with Gasteiger partial charge < -0.3 is 19.7 Å². The topological polar surface area (TPSA) is 102 Å². The SMILES string of the molecule is [2H]C([2H])([C@H](c1ccc(OC)c(OCC)c1)N1Cc2cccc(NC(=O)C3CC3)c2C1=O)S(C)(=O)=O. The Labute approximate surface area is 196 Å². The minimum Gasteiger partial charge on any atom is -0.493 e. The van der Waals surface area contributed by atoms with Crippen LogP contribution in [0.4, 0.5) is 5.69 Å². The minimum atomic E-state index is -4.27. The van der Waals surface area contributed by atoms with E-state index in [1.54, 1.807) is 31.2 Å². The number of nitrogens with zero attached hydrogens (tertiary/aromatic N) is 1. The summed E-state index contributed by atoms with van der Waals surface area (Å²) in [7, 11) is -2.81. The molecule has 9 heteroatoms. The lowest BCUT2D eigenvalue weighted by Crippen LogP contribution is -2.34. The molecule has 2 amide bonds. The van der Waals surface area contributed by atoms with Crippen molar-refractivity contribution in [1.82, 2.24) is 4.90 Å². The van der Waals surface area contributed by atoms with Crippen LogP contribution in [0.1, 0.15) is 50.0 Å². The molecule has 0 unspecified atom stereocenters. The molecule has 1 fully saturated rings. The van der Waals surface area contributed by atoms with Gasteiger partial charge in [0.2, 0.25) is 5.91 Å². The maximum absolute atomic E-state index is 13.7.